The molecule has 0 radical (unpaired) electrons. The number of hydrogen-bond acceptors (Lipinski definition) is 2. The van der Waals surface area contributed by atoms with E-state index < -0.39 is 6.10 Å². The highest BCUT2D eigenvalue weighted by Gasteiger charge is 2.16. The predicted octanol–water partition coefficient (Wildman–Crippen LogP) is 3.70. The molecule has 0 aliphatic carbocycles. The molecule has 1 atom stereocenters. The van der Waals surface area contributed by atoms with Crippen molar-refractivity contribution in [2.45, 2.75) is 46.3 Å². The molecule has 0 saturated carbocycles. The van der Waals surface area contributed by atoms with Gasteiger partial charge in [-0.05, 0) is 43.5 Å². The SMILES string of the molecule is CCc1cc(C(O)Cc2ccc(C)cc2Cl)n(CC)n1. The first-order valence-corrected chi connectivity index (χ1v) is 7.42. The van der Waals surface area contributed by atoms with Crippen LogP contribution in [0.4, 0.5) is 0 Å². The molecule has 0 spiro atoms. The molecule has 1 aromatic carbocycles. The number of aliphatic hydroxyl groups is 1. The fourth-order valence-electron chi connectivity index (χ4n) is 2.31. The van der Waals surface area contributed by atoms with Crippen LogP contribution < -0.4 is 0 Å². The van der Waals surface area contributed by atoms with Gasteiger partial charge in [0, 0.05) is 18.0 Å². The summed E-state index contributed by atoms with van der Waals surface area (Å²) < 4.78 is 1.87. The topological polar surface area (TPSA) is 38.0 Å². The molecule has 1 N–H and O–H groups in total. The molecule has 0 bridgehead atoms. The van der Waals surface area contributed by atoms with Crippen molar-refractivity contribution in [3.05, 3.63) is 51.8 Å². The van der Waals surface area contributed by atoms with Gasteiger partial charge in [0.1, 0.15) is 0 Å². The van der Waals surface area contributed by atoms with Crippen LogP contribution in [0.15, 0.2) is 24.3 Å². The fraction of sp³-hybridized carbons (Fsp3) is 0.438. The number of nitrogens with zero attached hydrogens (tertiary/aromatic N) is 2. The molecule has 0 amide bonds. The highest BCUT2D eigenvalue weighted by molar-refractivity contribution is 6.31. The summed E-state index contributed by atoms with van der Waals surface area (Å²) in [5, 5.41) is 15.6. The van der Waals surface area contributed by atoms with Gasteiger partial charge < -0.3 is 5.11 Å². The second kappa shape index (κ2) is 6.42. The molecule has 1 heterocycles. The summed E-state index contributed by atoms with van der Waals surface area (Å²) >= 11 is 6.23. The Labute approximate surface area is 125 Å². The van der Waals surface area contributed by atoms with E-state index in [0.717, 1.165) is 35.5 Å². The molecular weight excluding hydrogens is 272 g/mol. The van der Waals surface area contributed by atoms with E-state index in [-0.39, 0.29) is 0 Å². The first-order valence-electron chi connectivity index (χ1n) is 7.04. The van der Waals surface area contributed by atoms with Crippen molar-refractivity contribution in [1.82, 2.24) is 9.78 Å². The van der Waals surface area contributed by atoms with Crippen LogP contribution in [0.5, 0.6) is 0 Å². The Kier molecular flexibility index (Phi) is 4.84. The van der Waals surface area contributed by atoms with Crippen LogP contribution in [0.2, 0.25) is 5.02 Å². The number of rotatable bonds is 5. The Morgan fingerprint density at radius 3 is 2.65 bits per heavy atom. The standard InChI is InChI=1S/C16H21ClN2O/c1-4-13-10-15(19(5-2)18-13)16(20)9-12-7-6-11(3)8-14(12)17/h6-8,10,16,20H,4-5,9H2,1-3H3. The third-order valence-corrected chi connectivity index (χ3v) is 3.84. The Bertz CT molecular complexity index is 592. The maximum atomic E-state index is 10.5. The van der Waals surface area contributed by atoms with Crippen LogP contribution in [0.3, 0.4) is 0 Å². The highest BCUT2D eigenvalue weighted by atomic mass is 35.5. The second-order valence-electron chi connectivity index (χ2n) is 5.04. The number of benzene rings is 1. The maximum absolute atomic E-state index is 10.5. The first kappa shape index (κ1) is 15.1. The summed E-state index contributed by atoms with van der Waals surface area (Å²) in [5.41, 5.74) is 3.96. The van der Waals surface area contributed by atoms with Gasteiger partial charge in [0.05, 0.1) is 17.5 Å². The number of aliphatic hydroxyl groups excluding tert-OH is 1. The quantitative estimate of drug-likeness (QED) is 0.912. The molecule has 2 rings (SSSR count). The van der Waals surface area contributed by atoms with E-state index in [1.165, 1.54) is 0 Å². The molecule has 3 nitrogen and oxygen atoms in total. The van der Waals surface area contributed by atoms with Crippen LogP contribution in [-0.2, 0) is 19.4 Å². The van der Waals surface area contributed by atoms with Crippen molar-refractivity contribution in [3.8, 4) is 0 Å². The van der Waals surface area contributed by atoms with Crippen LogP contribution in [0.25, 0.3) is 0 Å². The van der Waals surface area contributed by atoms with E-state index in [2.05, 4.69) is 12.0 Å². The zero-order valence-electron chi connectivity index (χ0n) is 12.2. The lowest BCUT2D eigenvalue weighted by atomic mass is 10.0. The van der Waals surface area contributed by atoms with Crippen molar-refractivity contribution in [2.75, 3.05) is 0 Å². The van der Waals surface area contributed by atoms with E-state index in [1.54, 1.807) is 0 Å². The van der Waals surface area contributed by atoms with Crippen molar-refractivity contribution in [3.63, 3.8) is 0 Å². The lowest BCUT2D eigenvalue weighted by Gasteiger charge is -2.13. The molecule has 1 unspecified atom stereocenters. The zero-order chi connectivity index (χ0) is 14.7. The molecule has 2 aromatic rings. The average Bonchev–Trinajstić information content (AvgIpc) is 2.85. The summed E-state index contributed by atoms with van der Waals surface area (Å²) in [6.07, 6.45) is 0.800. The van der Waals surface area contributed by atoms with Crippen LogP contribution in [0, 0.1) is 6.92 Å². The van der Waals surface area contributed by atoms with Gasteiger partial charge in [0.15, 0.2) is 0 Å². The minimum atomic E-state index is -0.581. The van der Waals surface area contributed by atoms with Gasteiger partial charge in [-0.3, -0.25) is 4.68 Å². The smallest absolute Gasteiger partial charge is 0.0997 e. The molecule has 108 valence electrons. The van der Waals surface area contributed by atoms with E-state index in [4.69, 9.17) is 11.6 Å². The van der Waals surface area contributed by atoms with Gasteiger partial charge >= 0.3 is 0 Å². The van der Waals surface area contributed by atoms with Crippen molar-refractivity contribution in [1.29, 1.82) is 0 Å². The van der Waals surface area contributed by atoms with Gasteiger partial charge in [0.25, 0.3) is 0 Å². The second-order valence-corrected chi connectivity index (χ2v) is 5.45. The summed E-state index contributed by atoms with van der Waals surface area (Å²) in [6.45, 7) is 6.86. The molecule has 0 aliphatic heterocycles. The van der Waals surface area contributed by atoms with Crippen LogP contribution in [0.1, 0.15) is 42.5 Å². The Morgan fingerprint density at radius 1 is 1.30 bits per heavy atom. The molecule has 4 heteroatoms. The van der Waals surface area contributed by atoms with Crippen molar-refractivity contribution >= 4 is 11.6 Å². The summed E-state index contributed by atoms with van der Waals surface area (Å²) in [7, 11) is 0. The van der Waals surface area contributed by atoms with Crippen LogP contribution >= 0.6 is 11.6 Å². The number of hydrogen-bond donors (Lipinski definition) is 1. The Hall–Kier alpha value is -1.32. The van der Waals surface area contributed by atoms with E-state index in [1.807, 2.05) is 42.8 Å². The Balaban J connectivity index is 2.23. The monoisotopic (exact) mass is 292 g/mol. The molecule has 1 aromatic heterocycles. The Morgan fingerprint density at radius 2 is 2.05 bits per heavy atom. The molecule has 0 fully saturated rings. The lowest BCUT2D eigenvalue weighted by molar-refractivity contribution is 0.167. The minimum absolute atomic E-state index is 0.508. The van der Waals surface area contributed by atoms with Crippen LogP contribution in [-0.4, -0.2) is 14.9 Å². The zero-order valence-corrected chi connectivity index (χ0v) is 13.0. The van der Waals surface area contributed by atoms with Gasteiger partial charge in [-0.15, -0.1) is 0 Å². The molecule has 20 heavy (non-hydrogen) atoms. The average molecular weight is 293 g/mol. The summed E-state index contributed by atoms with van der Waals surface area (Å²) in [6, 6.07) is 7.91. The first-order chi connectivity index (χ1) is 9.55. The predicted molar refractivity (Wildman–Crippen MR) is 82.1 cm³/mol. The third kappa shape index (κ3) is 3.22. The summed E-state index contributed by atoms with van der Waals surface area (Å²) in [4.78, 5) is 0. The van der Waals surface area contributed by atoms with Gasteiger partial charge in [-0.1, -0.05) is 30.7 Å². The normalized spacial score (nSPS) is 12.7. The van der Waals surface area contributed by atoms with E-state index in [9.17, 15) is 5.11 Å². The molecule has 0 aliphatic rings. The van der Waals surface area contributed by atoms with E-state index >= 15 is 0 Å². The van der Waals surface area contributed by atoms with Crippen molar-refractivity contribution in [2.24, 2.45) is 0 Å². The van der Waals surface area contributed by atoms with Gasteiger partial charge in [-0.2, -0.15) is 5.10 Å². The fourth-order valence-corrected chi connectivity index (χ4v) is 2.62. The third-order valence-electron chi connectivity index (χ3n) is 3.49. The highest BCUT2D eigenvalue weighted by Crippen LogP contribution is 2.25. The molecule has 0 saturated heterocycles. The summed E-state index contributed by atoms with van der Waals surface area (Å²) in [5.74, 6) is 0. The molecular formula is C16H21ClN2O. The van der Waals surface area contributed by atoms with E-state index in [0.29, 0.717) is 11.4 Å². The lowest BCUT2D eigenvalue weighted by Crippen LogP contribution is -2.10. The maximum Gasteiger partial charge on any atom is 0.0997 e. The van der Waals surface area contributed by atoms with Gasteiger partial charge in [-0.25, -0.2) is 0 Å². The minimum Gasteiger partial charge on any atom is -0.386 e. The number of aryl methyl sites for hydroxylation is 3. The van der Waals surface area contributed by atoms with Gasteiger partial charge in [0.2, 0.25) is 0 Å². The number of aromatic nitrogens is 2. The largest absolute Gasteiger partial charge is 0.386 e. The number of halogens is 1. The van der Waals surface area contributed by atoms with Crippen molar-refractivity contribution < 1.29 is 5.11 Å².